The lowest BCUT2D eigenvalue weighted by molar-refractivity contribution is -0.128. The van der Waals surface area contributed by atoms with Crippen molar-refractivity contribution in [3.05, 3.63) is 11.4 Å². The van der Waals surface area contributed by atoms with Crippen LogP contribution in [0.5, 0.6) is 0 Å². The third kappa shape index (κ3) is 2.64. The van der Waals surface area contributed by atoms with Crippen LogP contribution in [0.1, 0.15) is 55.7 Å². The molecule has 2 aliphatic rings. The summed E-state index contributed by atoms with van der Waals surface area (Å²) in [4.78, 5) is 26.8. The van der Waals surface area contributed by atoms with E-state index in [2.05, 4.69) is 21.7 Å². The predicted octanol–water partition coefficient (Wildman–Crippen LogP) is 0.842. The van der Waals surface area contributed by atoms with E-state index in [9.17, 15) is 14.9 Å². The smallest absolute Gasteiger partial charge is 0.274 e. The molecule has 1 aliphatic heterocycles. The second kappa shape index (κ2) is 6.23. The first-order valence-corrected chi connectivity index (χ1v) is 8.41. The van der Waals surface area contributed by atoms with Gasteiger partial charge in [-0.25, -0.2) is 4.68 Å². The van der Waals surface area contributed by atoms with Gasteiger partial charge in [-0.15, -0.1) is 5.10 Å². The minimum atomic E-state index is -0.929. The first-order chi connectivity index (χ1) is 11.5. The fourth-order valence-electron chi connectivity index (χ4n) is 3.49. The van der Waals surface area contributed by atoms with E-state index in [0.717, 1.165) is 12.8 Å². The zero-order valence-electron chi connectivity index (χ0n) is 14.1. The van der Waals surface area contributed by atoms with E-state index in [1.165, 1.54) is 0 Å². The highest BCUT2D eigenvalue weighted by molar-refractivity contribution is 5.94. The van der Waals surface area contributed by atoms with Crippen LogP contribution in [0.15, 0.2) is 0 Å². The van der Waals surface area contributed by atoms with Crippen LogP contribution in [0, 0.1) is 16.7 Å². The van der Waals surface area contributed by atoms with E-state index >= 15 is 0 Å². The highest BCUT2D eigenvalue weighted by atomic mass is 16.2. The Labute approximate surface area is 140 Å². The monoisotopic (exact) mass is 330 g/mol. The van der Waals surface area contributed by atoms with Gasteiger partial charge in [-0.3, -0.25) is 9.59 Å². The Bertz CT molecular complexity index is 696. The number of nitrogens with one attached hydrogen (secondary N) is 1. The molecule has 0 aromatic carbocycles. The Kier molecular flexibility index (Phi) is 4.26. The van der Waals surface area contributed by atoms with E-state index in [1.807, 2.05) is 13.8 Å². The molecule has 0 saturated heterocycles. The molecule has 128 valence electrons. The molecule has 3 rings (SSSR count). The van der Waals surface area contributed by atoms with Gasteiger partial charge in [-0.1, -0.05) is 18.1 Å². The summed E-state index contributed by atoms with van der Waals surface area (Å²) < 4.78 is 1.60. The minimum absolute atomic E-state index is 0.101. The average molecular weight is 330 g/mol. The Morgan fingerprint density at radius 2 is 2.08 bits per heavy atom. The number of nitrogens with zero attached hydrogens (tertiary/aromatic N) is 5. The standard InChI is InChI=1S/C16H22N6O2/c1-11(2)21-7-8-22-13(14(21)23)12(19-20-22)9-18-15(24)16(10-17)5-3-4-6-16/h11H,3-9H2,1-2H3,(H,18,24). The largest absolute Gasteiger partial charge is 0.349 e. The lowest BCUT2D eigenvalue weighted by atomic mass is 9.87. The molecule has 8 nitrogen and oxygen atoms in total. The minimum Gasteiger partial charge on any atom is -0.349 e. The predicted molar refractivity (Wildman–Crippen MR) is 84.6 cm³/mol. The quantitative estimate of drug-likeness (QED) is 0.881. The van der Waals surface area contributed by atoms with Gasteiger partial charge in [0.15, 0.2) is 5.69 Å². The maximum atomic E-state index is 12.6. The van der Waals surface area contributed by atoms with Crippen LogP contribution < -0.4 is 5.32 Å². The molecule has 0 bridgehead atoms. The van der Waals surface area contributed by atoms with E-state index in [1.54, 1.807) is 9.58 Å². The summed E-state index contributed by atoms with van der Waals surface area (Å²) in [5, 5.41) is 20.2. The SMILES string of the molecule is CC(C)N1CCn2nnc(CNC(=O)C3(C#N)CCCC3)c2C1=O. The summed E-state index contributed by atoms with van der Waals surface area (Å²) in [6.07, 6.45) is 2.97. The number of aromatic nitrogens is 3. The van der Waals surface area contributed by atoms with Crippen molar-refractivity contribution in [1.82, 2.24) is 25.2 Å². The normalized spacial score (nSPS) is 19.2. The van der Waals surface area contributed by atoms with Crippen molar-refractivity contribution in [2.24, 2.45) is 5.41 Å². The molecule has 0 spiro atoms. The molecule has 0 atom stereocenters. The number of carbonyl (C=O) groups is 2. The van der Waals surface area contributed by atoms with Crippen molar-refractivity contribution in [2.75, 3.05) is 6.54 Å². The summed E-state index contributed by atoms with van der Waals surface area (Å²) in [5.41, 5.74) is -0.0289. The summed E-state index contributed by atoms with van der Waals surface area (Å²) in [6, 6.07) is 2.27. The second-order valence-corrected chi connectivity index (χ2v) is 6.78. The first kappa shape index (κ1) is 16.4. The van der Waals surface area contributed by atoms with Gasteiger partial charge < -0.3 is 10.2 Å². The van der Waals surface area contributed by atoms with Gasteiger partial charge >= 0.3 is 0 Å². The molecule has 2 heterocycles. The number of hydrogen-bond donors (Lipinski definition) is 1. The highest BCUT2D eigenvalue weighted by Gasteiger charge is 2.41. The molecule has 8 heteroatoms. The number of hydrogen-bond acceptors (Lipinski definition) is 5. The third-order valence-electron chi connectivity index (χ3n) is 4.97. The van der Waals surface area contributed by atoms with Gasteiger partial charge in [-0.2, -0.15) is 5.26 Å². The zero-order chi connectivity index (χ0) is 17.3. The molecule has 1 aliphatic carbocycles. The first-order valence-electron chi connectivity index (χ1n) is 8.41. The Balaban J connectivity index is 1.74. The summed E-state index contributed by atoms with van der Waals surface area (Å²) >= 11 is 0. The second-order valence-electron chi connectivity index (χ2n) is 6.78. The lowest BCUT2D eigenvalue weighted by Crippen LogP contribution is -2.45. The van der Waals surface area contributed by atoms with Crippen molar-refractivity contribution in [3.8, 4) is 6.07 Å². The maximum absolute atomic E-state index is 12.6. The Morgan fingerprint density at radius 1 is 1.38 bits per heavy atom. The fourth-order valence-corrected chi connectivity index (χ4v) is 3.49. The molecule has 1 N–H and O–H groups in total. The van der Waals surface area contributed by atoms with Crippen LogP contribution in [0.4, 0.5) is 0 Å². The summed E-state index contributed by atoms with van der Waals surface area (Å²) in [6.45, 7) is 5.26. The zero-order valence-corrected chi connectivity index (χ0v) is 14.1. The molecule has 1 aromatic rings. The maximum Gasteiger partial charge on any atom is 0.274 e. The molecule has 2 amide bonds. The van der Waals surface area contributed by atoms with Crippen molar-refractivity contribution in [3.63, 3.8) is 0 Å². The molecule has 0 unspecified atom stereocenters. The number of carbonyl (C=O) groups excluding carboxylic acids is 2. The summed E-state index contributed by atoms with van der Waals surface area (Å²) in [7, 11) is 0. The third-order valence-corrected chi connectivity index (χ3v) is 4.97. The van der Waals surface area contributed by atoms with Crippen LogP contribution >= 0.6 is 0 Å². The van der Waals surface area contributed by atoms with Crippen LogP contribution in [0.3, 0.4) is 0 Å². The number of nitriles is 1. The number of fused-ring (bicyclic) bond motifs is 1. The van der Waals surface area contributed by atoms with Crippen molar-refractivity contribution < 1.29 is 9.59 Å². The summed E-state index contributed by atoms with van der Waals surface area (Å²) in [5.74, 6) is -0.380. The van der Waals surface area contributed by atoms with Crippen molar-refractivity contribution in [1.29, 1.82) is 5.26 Å². The van der Waals surface area contributed by atoms with Gasteiger partial charge in [-0.05, 0) is 26.7 Å². The highest BCUT2D eigenvalue weighted by Crippen LogP contribution is 2.37. The fraction of sp³-hybridized carbons (Fsp3) is 0.688. The van der Waals surface area contributed by atoms with Crippen molar-refractivity contribution >= 4 is 11.8 Å². The topological polar surface area (TPSA) is 104 Å². The lowest BCUT2D eigenvalue weighted by Gasteiger charge is -2.30. The van der Waals surface area contributed by atoms with E-state index in [0.29, 0.717) is 37.3 Å². The van der Waals surface area contributed by atoms with Crippen molar-refractivity contribution in [2.45, 2.75) is 58.7 Å². The molecule has 1 aromatic heterocycles. The average Bonchev–Trinajstić information content (AvgIpc) is 3.20. The van der Waals surface area contributed by atoms with E-state index in [4.69, 9.17) is 0 Å². The van der Waals surface area contributed by atoms with Gasteiger partial charge in [0.1, 0.15) is 11.1 Å². The van der Waals surface area contributed by atoms with Gasteiger partial charge in [0.2, 0.25) is 5.91 Å². The molecular formula is C16H22N6O2. The van der Waals surface area contributed by atoms with Gasteiger partial charge in [0.25, 0.3) is 5.91 Å². The van der Waals surface area contributed by atoms with Crippen LogP contribution in [0.2, 0.25) is 0 Å². The van der Waals surface area contributed by atoms with Crippen LogP contribution in [-0.4, -0.2) is 44.3 Å². The van der Waals surface area contributed by atoms with Gasteiger partial charge in [0.05, 0.1) is 19.2 Å². The molecule has 0 radical (unpaired) electrons. The van der Waals surface area contributed by atoms with E-state index < -0.39 is 5.41 Å². The van der Waals surface area contributed by atoms with Crippen LogP contribution in [0.25, 0.3) is 0 Å². The van der Waals surface area contributed by atoms with E-state index in [-0.39, 0.29) is 24.4 Å². The Hall–Kier alpha value is -2.43. The Morgan fingerprint density at radius 3 is 2.71 bits per heavy atom. The number of rotatable bonds is 4. The molecule has 1 fully saturated rings. The molecule has 24 heavy (non-hydrogen) atoms. The molecule has 1 saturated carbocycles. The van der Waals surface area contributed by atoms with Crippen LogP contribution in [-0.2, 0) is 17.9 Å². The molecular weight excluding hydrogens is 308 g/mol. The van der Waals surface area contributed by atoms with Gasteiger partial charge in [0, 0.05) is 12.6 Å². The number of amides is 2.